The van der Waals surface area contributed by atoms with Crippen LogP contribution in [0.25, 0.3) is 21.8 Å². The molecule has 0 spiro atoms. The second kappa shape index (κ2) is 3.88. The lowest BCUT2D eigenvalue weighted by Gasteiger charge is -2.04. The van der Waals surface area contributed by atoms with Crippen molar-refractivity contribution in [2.24, 2.45) is 0 Å². The van der Waals surface area contributed by atoms with Crippen molar-refractivity contribution in [3.8, 4) is 5.75 Å². The van der Waals surface area contributed by atoms with E-state index < -0.39 is 5.97 Å². The first-order valence-electron chi connectivity index (χ1n) is 5.56. The van der Waals surface area contributed by atoms with Crippen molar-refractivity contribution in [3.63, 3.8) is 0 Å². The number of H-pyrrole nitrogens is 2. The van der Waals surface area contributed by atoms with Gasteiger partial charge in [0.05, 0.1) is 18.2 Å². The van der Waals surface area contributed by atoms with Crippen molar-refractivity contribution in [2.75, 3.05) is 7.11 Å². The van der Waals surface area contributed by atoms with Crippen molar-refractivity contribution in [1.82, 2.24) is 9.97 Å². The highest BCUT2D eigenvalue weighted by Gasteiger charge is 2.16. The van der Waals surface area contributed by atoms with Crippen LogP contribution in [-0.4, -0.2) is 28.2 Å². The van der Waals surface area contributed by atoms with E-state index in [9.17, 15) is 9.59 Å². The fourth-order valence-corrected chi connectivity index (χ4v) is 2.21. The van der Waals surface area contributed by atoms with Crippen LogP contribution in [0.4, 0.5) is 0 Å². The molecular formula is C13H10N2O4. The van der Waals surface area contributed by atoms with Gasteiger partial charge in [0.2, 0.25) is 0 Å². The van der Waals surface area contributed by atoms with Gasteiger partial charge in [0.25, 0.3) is 5.56 Å². The van der Waals surface area contributed by atoms with Crippen LogP contribution in [0.15, 0.2) is 29.2 Å². The number of aromatic amines is 2. The number of hydrogen-bond donors (Lipinski definition) is 3. The molecule has 6 heteroatoms. The third-order valence-corrected chi connectivity index (χ3v) is 3.08. The molecule has 0 aliphatic heterocycles. The lowest BCUT2D eigenvalue weighted by molar-refractivity contribution is 0.0699. The Bertz CT molecular complexity index is 860. The summed E-state index contributed by atoms with van der Waals surface area (Å²) in [6.07, 6.45) is 1.33. The lowest BCUT2D eigenvalue weighted by atomic mass is 10.1. The normalized spacial score (nSPS) is 11.0. The van der Waals surface area contributed by atoms with E-state index in [4.69, 9.17) is 9.84 Å². The molecular weight excluding hydrogens is 248 g/mol. The lowest BCUT2D eigenvalue weighted by Crippen LogP contribution is -2.07. The van der Waals surface area contributed by atoms with Gasteiger partial charge in [0.15, 0.2) is 0 Å². The van der Waals surface area contributed by atoms with Crippen molar-refractivity contribution >= 4 is 27.8 Å². The molecule has 0 amide bonds. The summed E-state index contributed by atoms with van der Waals surface area (Å²) in [6, 6.07) is 5.11. The van der Waals surface area contributed by atoms with E-state index in [-0.39, 0.29) is 16.6 Å². The zero-order valence-corrected chi connectivity index (χ0v) is 9.98. The first-order valence-corrected chi connectivity index (χ1v) is 5.56. The number of fused-ring (bicyclic) bond motifs is 3. The summed E-state index contributed by atoms with van der Waals surface area (Å²) in [7, 11) is 1.52. The molecule has 6 nitrogen and oxygen atoms in total. The number of carboxylic acids is 1. The highest BCUT2D eigenvalue weighted by Crippen LogP contribution is 2.27. The van der Waals surface area contributed by atoms with Crippen LogP contribution in [0.1, 0.15) is 10.4 Å². The van der Waals surface area contributed by atoms with Gasteiger partial charge in [0, 0.05) is 23.0 Å². The Balaban J connectivity index is 2.53. The zero-order chi connectivity index (χ0) is 13.6. The number of carboxylic acid groups (broad SMARTS) is 1. The van der Waals surface area contributed by atoms with E-state index in [1.54, 1.807) is 18.2 Å². The number of hydrogen-bond acceptors (Lipinski definition) is 3. The molecule has 2 aromatic heterocycles. The first-order chi connectivity index (χ1) is 9.11. The molecule has 0 unspecified atom stereocenters. The molecule has 3 aromatic rings. The monoisotopic (exact) mass is 258 g/mol. The SMILES string of the molecule is COc1ccc2c(c1)[nH]c(=O)c1[nH]cc(C(=O)O)c12. The zero-order valence-electron chi connectivity index (χ0n) is 9.98. The minimum atomic E-state index is -1.08. The summed E-state index contributed by atoms with van der Waals surface area (Å²) in [5, 5.41) is 10.2. The highest BCUT2D eigenvalue weighted by atomic mass is 16.5. The number of pyridine rings is 1. The highest BCUT2D eigenvalue weighted by molar-refractivity contribution is 6.14. The molecule has 0 atom stereocenters. The van der Waals surface area contributed by atoms with Gasteiger partial charge in [-0.05, 0) is 12.1 Å². The Kier molecular flexibility index (Phi) is 2.31. The van der Waals surface area contributed by atoms with E-state index in [0.29, 0.717) is 22.0 Å². The Hall–Kier alpha value is -2.76. The van der Waals surface area contributed by atoms with Gasteiger partial charge < -0.3 is 19.8 Å². The van der Waals surface area contributed by atoms with Gasteiger partial charge in [-0.15, -0.1) is 0 Å². The largest absolute Gasteiger partial charge is 0.497 e. The smallest absolute Gasteiger partial charge is 0.337 e. The van der Waals surface area contributed by atoms with E-state index in [1.165, 1.54) is 13.3 Å². The van der Waals surface area contributed by atoms with Crippen LogP contribution in [0.5, 0.6) is 5.75 Å². The summed E-state index contributed by atoms with van der Waals surface area (Å²) in [5.41, 5.74) is 0.522. The maximum Gasteiger partial charge on any atom is 0.337 e. The number of aromatic carboxylic acids is 1. The van der Waals surface area contributed by atoms with Crippen molar-refractivity contribution in [3.05, 3.63) is 40.3 Å². The summed E-state index contributed by atoms with van der Waals surface area (Å²) >= 11 is 0. The molecule has 3 N–H and O–H groups in total. The van der Waals surface area contributed by atoms with Crippen LogP contribution in [0.3, 0.4) is 0 Å². The first kappa shape index (κ1) is 11.3. The minimum absolute atomic E-state index is 0.0799. The number of rotatable bonds is 2. The summed E-state index contributed by atoms with van der Waals surface area (Å²) in [5.74, 6) is -0.483. The Labute approximate surface area is 106 Å². The Morgan fingerprint density at radius 2 is 2.16 bits per heavy atom. The van der Waals surface area contributed by atoms with Gasteiger partial charge in [0.1, 0.15) is 11.3 Å². The molecule has 0 radical (unpaired) electrons. The number of benzene rings is 1. The molecule has 0 aliphatic rings. The quantitative estimate of drug-likeness (QED) is 0.652. The van der Waals surface area contributed by atoms with Crippen LogP contribution in [-0.2, 0) is 0 Å². The molecule has 2 heterocycles. The van der Waals surface area contributed by atoms with Crippen LogP contribution < -0.4 is 10.3 Å². The fraction of sp³-hybridized carbons (Fsp3) is 0.0769. The molecule has 19 heavy (non-hydrogen) atoms. The van der Waals surface area contributed by atoms with E-state index in [1.807, 2.05) is 0 Å². The van der Waals surface area contributed by atoms with E-state index in [2.05, 4.69) is 9.97 Å². The van der Waals surface area contributed by atoms with E-state index >= 15 is 0 Å². The maximum absolute atomic E-state index is 11.9. The summed E-state index contributed by atoms with van der Waals surface area (Å²) in [4.78, 5) is 28.5. The molecule has 3 rings (SSSR count). The predicted octanol–water partition coefficient (Wildman–Crippen LogP) is 1.72. The Morgan fingerprint density at radius 1 is 1.37 bits per heavy atom. The van der Waals surface area contributed by atoms with Gasteiger partial charge in [-0.2, -0.15) is 0 Å². The average Bonchev–Trinajstić information content (AvgIpc) is 2.83. The number of nitrogens with one attached hydrogen (secondary N) is 2. The van der Waals surface area contributed by atoms with Gasteiger partial charge in [-0.3, -0.25) is 4.79 Å². The van der Waals surface area contributed by atoms with Crippen molar-refractivity contribution in [2.45, 2.75) is 0 Å². The summed E-state index contributed by atoms with van der Waals surface area (Å²) in [6.45, 7) is 0. The summed E-state index contributed by atoms with van der Waals surface area (Å²) < 4.78 is 5.09. The van der Waals surface area contributed by atoms with E-state index in [0.717, 1.165) is 0 Å². The van der Waals surface area contributed by atoms with Gasteiger partial charge in [-0.1, -0.05) is 0 Å². The van der Waals surface area contributed by atoms with Gasteiger partial charge in [-0.25, -0.2) is 4.79 Å². The van der Waals surface area contributed by atoms with Crippen molar-refractivity contribution in [1.29, 1.82) is 0 Å². The fourth-order valence-electron chi connectivity index (χ4n) is 2.21. The Morgan fingerprint density at radius 3 is 2.84 bits per heavy atom. The third kappa shape index (κ3) is 1.57. The molecule has 0 fully saturated rings. The number of carbonyl (C=O) groups is 1. The predicted molar refractivity (Wildman–Crippen MR) is 69.9 cm³/mol. The molecule has 1 aromatic carbocycles. The molecule has 96 valence electrons. The second-order valence-electron chi connectivity index (χ2n) is 4.12. The minimum Gasteiger partial charge on any atom is -0.497 e. The number of methoxy groups -OCH3 is 1. The van der Waals surface area contributed by atoms with Gasteiger partial charge >= 0.3 is 5.97 Å². The molecule has 0 bridgehead atoms. The number of aromatic nitrogens is 2. The molecule has 0 aliphatic carbocycles. The maximum atomic E-state index is 11.9. The van der Waals surface area contributed by atoms with Crippen LogP contribution in [0.2, 0.25) is 0 Å². The van der Waals surface area contributed by atoms with Crippen LogP contribution >= 0.6 is 0 Å². The van der Waals surface area contributed by atoms with Crippen molar-refractivity contribution < 1.29 is 14.6 Å². The topological polar surface area (TPSA) is 95.2 Å². The molecule has 0 saturated carbocycles. The van der Waals surface area contributed by atoms with Crippen LogP contribution in [0, 0.1) is 0 Å². The average molecular weight is 258 g/mol. The standard InChI is InChI=1S/C13H10N2O4/c1-19-6-2-3-7-9(4-6)15-12(16)11-10(7)8(5-14-11)13(17)18/h2-5,14H,1H3,(H,15,16)(H,17,18). The number of ether oxygens (including phenoxy) is 1. The molecule has 0 saturated heterocycles. The second-order valence-corrected chi connectivity index (χ2v) is 4.12. The third-order valence-electron chi connectivity index (χ3n) is 3.08.